The largest absolute Gasteiger partial charge is 0.332 e. The highest BCUT2D eigenvalue weighted by Crippen LogP contribution is 2.14. The normalized spacial score (nSPS) is 10.0. The summed E-state index contributed by atoms with van der Waals surface area (Å²) in [5.74, 6) is -0.210. The highest BCUT2D eigenvalue weighted by Gasteiger charge is 2.08. The van der Waals surface area contributed by atoms with Crippen molar-refractivity contribution < 1.29 is 9.59 Å². The average Bonchev–Trinajstić information content (AvgIpc) is 2.58. The molecule has 2 aromatic carbocycles. The number of carbonyl (C=O) groups excluding carboxylic acids is 2. The molecule has 0 aliphatic carbocycles. The Balaban J connectivity index is 1.86. The zero-order chi connectivity index (χ0) is 18.2. The zero-order valence-electron chi connectivity index (χ0n) is 14.3. The Labute approximate surface area is 152 Å². The van der Waals surface area contributed by atoms with Gasteiger partial charge >= 0.3 is 0 Å². The van der Waals surface area contributed by atoms with E-state index in [4.69, 9.17) is 12.2 Å². The smallest absolute Gasteiger partial charge is 0.230 e. The first-order valence-electron chi connectivity index (χ1n) is 8.03. The van der Waals surface area contributed by atoms with Crippen LogP contribution in [0.15, 0.2) is 48.5 Å². The van der Waals surface area contributed by atoms with Gasteiger partial charge in [-0.15, -0.1) is 0 Å². The van der Waals surface area contributed by atoms with Crippen molar-refractivity contribution in [2.75, 3.05) is 10.6 Å². The number of amides is 2. The first kappa shape index (κ1) is 18.6. The molecule has 5 nitrogen and oxygen atoms in total. The molecule has 0 bridgehead atoms. The van der Waals surface area contributed by atoms with Crippen molar-refractivity contribution in [1.29, 1.82) is 0 Å². The Morgan fingerprint density at radius 3 is 2.12 bits per heavy atom. The molecule has 0 unspecified atom stereocenters. The van der Waals surface area contributed by atoms with E-state index in [1.54, 1.807) is 31.2 Å². The van der Waals surface area contributed by atoms with Gasteiger partial charge in [-0.25, -0.2) is 0 Å². The van der Waals surface area contributed by atoms with Crippen LogP contribution < -0.4 is 16.0 Å². The van der Waals surface area contributed by atoms with E-state index in [2.05, 4.69) is 16.0 Å². The summed E-state index contributed by atoms with van der Waals surface area (Å²) in [6, 6.07) is 14.9. The maximum absolute atomic E-state index is 12.1. The second-order valence-electron chi connectivity index (χ2n) is 5.58. The van der Waals surface area contributed by atoms with Gasteiger partial charge in [0, 0.05) is 17.8 Å². The molecule has 0 atom stereocenters. The van der Waals surface area contributed by atoms with E-state index >= 15 is 0 Å². The van der Waals surface area contributed by atoms with Gasteiger partial charge < -0.3 is 16.0 Å². The van der Waals surface area contributed by atoms with Gasteiger partial charge in [0.25, 0.3) is 0 Å². The lowest BCUT2D eigenvalue weighted by Gasteiger charge is -2.11. The highest BCUT2D eigenvalue weighted by atomic mass is 32.1. The molecule has 2 amide bonds. The third-order valence-corrected chi connectivity index (χ3v) is 3.82. The Kier molecular flexibility index (Phi) is 6.65. The predicted octanol–water partition coefficient (Wildman–Crippen LogP) is 3.40. The van der Waals surface area contributed by atoms with Crippen LogP contribution >= 0.6 is 12.2 Å². The number of benzene rings is 2. The summed E-state index contributed by atoms with van der Waals surface area (Å²) in [5.41, 5.74) is 3.49. The molecule has 0 aromatic heterocycles. The highest BCUT2D eigenvalue weighted by molar-refractivity contribution is 7.80. The fourth-order valence-corrected chi connectivity index (χ4v) is 2.43. The number of rotatable bonds is 5. The molecule has 25 heavy (non-hydrogen) atoms. The number of aryl methyl sites for hydroxylation is 1. The molecule has 0 fully saturated rings. The molecule has 2 rings (SSSR count). The lowest BCUT2D eigenvalue weighted by atomic mass is 10.1. The van der Waals surface area contributed by atoms with Gasteiger partial charge in [0.15, 0.2) is 5.11 Å². The molecule has 0 spiro atoms. The van der Waals surface area contributed by atoms with Gasteiger partial charge in [0.1, 0.15) is 0 Å². The van der Waals surface area contributed by atoms with Gasteiger partial charge in [-0.1, -0.05) is 31.2 Å². The van der Waals surface area contributed by atoms with Crippen LogP contribution in [0.3, 0.4) is 0 Å². The van der Waals surface area contributed by atoms with Crippen LogP contribution in [0.4, 0.5) is 11.4 Å². The minimum absolute atomic E-state index is 0.0419. The summed E-state index contributed by atoms with van der Waals surface area (Å²) < 4.78 is 0. The Bertz CT molecular complexity index is 772. The summed E-state index contributed by atoms with van der Waals surface area (Å²) in [7, 11) is 0. The topological polar surface area (TPSA) is 70.2 Å². The van der Waals surface area contributed by atoms with Crippen LogP contribution in [0.2, 0.25) is 0 Å². The number of hydrogen-bond acceptors (Lipinski definition) is 3. The minimum atomic E-state index is -0.168. The molecule has 3 N–H and O–H groups in total. The van der Waals surface area contributed by atoms with Gasteiger partial charge in [0.2, 0.25) is 11.8 Å². The van der Waals surface area contributed by atoms with E-state index < -0.39 is 0 Å². The molecule has 6 heteroatoms. The van der Waals surface area contributed by atoms with E-state index in [0.717, 1.165) is 16.8 Å². The van der Waals surface area contributed by atoms with Crippen LogP contribution in [0.1, 0.15) is 24.5 Å². The zero-order valence-corrected chi connectivity index (χ0v) is 15.1. The van der Waals surface area contributed by atoms with Gasteiger partial charge in [0.05, 0.1) is 6.42 Å². The molecule has 2 aromatic rings. The van der Waals surface area contributed by atoms with Crippen LogP contribution in [-0.2, 0) is 16.0 Å². The minimum Gasteiger partial charge on any atom is -0.332 e. The van der Waals surface area contributed by atoms with Crippen molar-refractivity contribution in [2.45, 2.75) is 26.7 Å². The third-order valence-electron chi connectivity index (χ3n) is 3.61. The predicted molar refractivity (Wildman–Crippen MR) is 105 cm³/mol. The quantitative estimate of drug-likeness (QED) is 0.719. The molecule has 0 saturated heterocycles. The van der Waals surface area contributed by atoms with Crippen LogP contribution in [0, 0.1) is 6.92 Å². The molecule has 0 aliphatic rings. The first-order chi connectivity index (χ1) is 12.0. The Morgan fingerprint density at radius 1 is 0.920 bits per heavy atom. The molecule has 0 aliphatic heterocycles. The molecule has 0 saturated carbocycles. The summed E-state index contributed by atoms with van der Waals surface area (Å²) in [6.45, 7) is 3.77. The molecule has 0 radical (unpaired) electrons. The van der Waals surface area contributed by atoms with E-state index in [-0.39, 0.29) is 23.3 Å². The lowest BCUT2D eigenvalue weighted by molar-refractivity contribution is -0.119. The van der Waals surface area contributed by atoms with Crippen LogP contribution in [0.5, 0.6) is 0 Å². The molecule has 0 heterocycles. The molecular formula is C19H21N3O2S. The summed E-state index contributed by atoms with van der Waals surface area (Å²) >= 11 is 5.17. The summed E-state index contributed by atoms with van der Waals surface area (Å²) in [5, 5.41) is 8.63. The van der Waals surface area contributed by atoms with Crippen molar-refractivity contribution in [2.24, 2.45) is 0 Å². The molecular weight excluding hydrogens is 334 g/mol. The second-order valence-corrected chi connectivity index (χ2v) is 5.99. The van der Waals surface area contributed by atoms with Gasteiger partial charge in [-0.05, 0) is 54.5 Å². The van der Waals surface area contributed by atoms with Crippen LogP contribution in [0.25, 0.3) is 0 Å². The summed E-state index contributed by atoms with van der Waals surface area (Å²) in [6.07, 6.45) is 0.702. The van der Waals surface area contributed by atoms with Crippen molar-refractivity contribution in [3.05, 3.63) is 59.7 Å². The lowest BCUT2D eigenvalue weighted by Crippen LogP contribution is -2.35. The van der Waals surface area contributed by atoms with Crippen LogP contribution in [-0.4, -0.2) is 16.9 Å². The number of thiocarbonyl (C=S) groups is 1. The monoisotopic (exact) mass is 355 g/mol. The van der Waals surface area contributed by atoms with Crippen molar-refractivity contribution in [1.82, 2.24) is 5.32 Å². The molecule has 130 valence electrons. The van der Waals surface area contributed by atoms with Gasteiger partial charge in [-0.2, -0.15) is 0 Å². The number of anilines is 2. The number of hydrogen-bond donors (Lipinski definition) is 3. The average molecular weight is 355 g/mol. The maximum Gasteiger partial charge on any atom is 0.230 e. The third kappa shape index (κ3) is 6.00. The Morgan fingerprint density at radius 2 is 1.52 bits per heavy atom. The van der Waals surface area contributed by atoms with Crippen molar-refractivity contribution >= 4 is 40.5 Å². The first-order valence-corrected chi connectivity index (χ1v) is 8.44. The van der Waals surface area contributed by atoms with E-state index in [9.17, 15) is 9.59 Å². The second kappa shape index (κ2) is 8.94. The number of carbonyl (C=O) groups is 2. The summed E-state index contributed by atoms with van der Waals surface area (Å²) in [4.78, 5) is 23.4. The Hall–Kier alpha value is -2.73. The van der Waals surface area contributed by atoms with E-state index in [0.29, 0.717) is 12.1 Å². The fraction of sp³-hybridized carbons (Fsp3) is 0.211. The van der Waals surface area contributed by atoms with E-state index in [1.165, 1.54) is 0 Å². The number of nitrogens with one attached hydrogen (secondary N) is 3. The SMILES string of the molecule is CCC(=O)Nc1ccc(NC(=S)NC(=O)Cc2ccccc2C)cc1. The van der Waals surface area contributed by atoms with Crippen molar-refractivity contribution in [3.8, 4) is 0 Å². The fourth-order valence-electron chi connectivity index (χ4n) is 2.20. The maximum atomic E-state index is 12.1. The van der Waals surface area contributed by atoms with Crippen molar-refractivity contribution in [3.63, 3.8) is 0 Å². The standard InChI is InChI=1S/C19H21N3O2S/c1-3-17(23)20-15-8-10-16(11-9-15)21-19(25)22-18(24)12-14-7-5-4-6-13(14)2/h4-11H,3,12H2,1-2H3,(H,20,23)(H2,21,22,24,25). The van der Waals surface area contributed by atoms with E-state index in [1.807, 2.05) is 31.2 Å². The van der Waals surface area contributed by atoms with Gasteiger partial charge in [-0.3, -0.25) is 9.59 Å².